The van der Waals surface area contributed by atoms with E-state index in [4.69, 9.17) is 16.3 Å². The quantitative estimate of drug-likeness (QED) is 0.0221. The summed E-state index contributed by atoms with van der Waals surface area (Å²) in [7, 11) is -13.3. The van der Waals surface area contributed by atoms with E-state index in [9.17, 15) is 75.9 Å². The Kier molecular flexibility index (Phi) is 16.5. The number of amides is 1. The predicted molar refractivity (Wildman–Crippen MR) is 251 cm³/mol. The molecule has 17 nitrogen and oxygen atoms in total. The lowest BCUT2D eigenvalue weighted by atomic mass is 9.93. The molecule has 0 aliphatic heterocycles. The maximum absolute atomic E-state index is 15.8. The fourth-order valence-electron chi connectivity index (χ4n) is 8.18. The molecule has 0 fully saturated rings. The number of carbonyl (C=O) groups excluding carboxylic acids is 2. The number of sulfone groups is 1. The summed E-state index contributed by atoms with van der Waals surface area (Å²) in [5, 5.41) is 8.65. The Morgan fingerprint density at radius 3 is 2.19 bits per heavy atom. The van der Waals surface area contributed by atoms with Gasteiger partial charge in [-0.3, -0.25) is 28.5 Å². The first-order valence-corrected chi connectivity index (χ1v) is 27.8. The SMILES string of the molecule is C=C[C@@H]1Cc2c(C(F)(F)F)nn(CC(=O)N[C@@H](Cc3cc(F)cc(F)c3)c3nc(CCC(C)(C)S(C)(=O)=O)ccc3-c3ccc(Cl)c4c(N(COC(=O)CCP(=O)(O)O)S(C)(=O)=O)nn(CC(F)(F)F)c34)c2C1(F)F. The van der Waals surface area contributed by atoms with Gasteiger partial charge in [-0.05, 0) is 69.4 Å². The van der Waals surface area contributed by atoms with E-state index in [1.165, 1.54) is 26.0 Å². The van der Waals surface area contributed by atoms with Crippen LogP contribution in [0.2, 0.25) is 5.02 Å². The van der Waals surface area contributed by atoms with Crippen LogP contribution in [0, 0.1) is 17.6 Å². The van der Waals surface area contributed by atoms with Crippen LogP contribution in [0.25, 0.3) is 22.0 Å². The van der Waals surface area contributed by atoms with E-state index in [1.54, 1.807) is 0 Å². The number of hydrogen-bond acceptors (Lipinski definition) is 11. The third-order valence-corrected chi connectivity index (χ3v) is 16.5. The Morgan fingerprint density at radius 2 is 1.63 bits per heavy atom. The van der Waals surface area contributed by atoms with Crippen LogP contribution in [0.4, 0.5) is 49.7 Å². The van der Waals surface area contributed by atoms with E-state index in [-0.39, 0.29) is 48.9 Å². The molecule has 410 valence electrons. The van der Waals surface area contributed by atoms with E-state index in [1.807, 2.05) is 0 Å². The van der Waals surface area contributed by atoms with Gasteiger partial charge in [-0.2, -0.15) is 45.3 Å². The largest absolute Gasteiger partial charge is 0.443 e. The molecule has 1 aliphatic rings. The Balaban J connectivity index is 1.60. The van der Waals surface area contributed by atoms with E-state index in [0.29, 0.717) is 12.3 Å². The number of nitrogens with zero attached hydrogens (tertiary/aromatic N) is 6. The summed E-state index contributed by atoms with van der Waals surface area (Å²) in [6, 6.07) is 4.96. The molecule has 2 aromatic carbocycles. The molecular weight excluding hydrogens is 1110 g/mol. The highest BCUT2D eigenvalue weighted by Gasteiger charge is 2.55. The van der Waals surface area contributed by atoms with E-state index < -0.39 is 176 Å². The number of alkyl halides is 8. The normalized spacial score (nSPS) is 15.7. The van der Waals surface area contributed by atoms with Crippen LogP contribution in [-0.4, -0.2) is 99.4 Å². The standard InChI is InChI=1S/C44H45ClF10N7O10PS2/c1-6-24-18-30-38(44(53,54)55)58-60(39(30)43(24,51)52)20-33(63)57-32(17-23-15-25(46)19-26(47)16-23)36-28(8-7-27(56-36)11-13-41(2,3)74(4,68)69)29-9-10-31(45)35-37(29)61(21-42(48,49)50)59-40(35)62(75(5,70)71)22-72-34(64)12-14-73(65,66)67/h6-10,15-16,19,24,32H,1,11-14,17-18,20-22H2,2-5H3,(H,57,63)(H2,65,66,67)/t24-,32+/m1/s1. The van der Waals surface area contributed by atoms with Crippen molar-refractivity contribution < 1.29 is 89.4 Å². The first-order valence-electron chi connectivity index (χ1n) is 21.9. The predicted octanol–water partition coefficient (Wildman–Crippen LogP) is 7.95. The molecule has 3 heterocycles. The number of fused-ring (bicyclic) bond motifs is 2. The Hall–Kier alpha value is -5.61. The molecule has 3 aromatic heterocycles. The second kappa shape index (κ2) is 21.1. The summed E-state index contributed by atoms with van der Waals surface area (Å²) in [5.41, 5.74) is -5.80. The summed E-state index contributed by atoms with van der Waals surface area (Å²) in [6.45, 7) is 1.39. The van der Waals surface area contributed by atoms with Crippen LogP contribution in [0.1, 0.15) is 66.6 Å². The maximum Gasteiger partial charge on any atom is 0.435 e. The van der Waals surface area contributed by atoms with Gasteiger partial charge in [-0.1, -0.05) is 29.8 Å². The van der Waals surface area contributed by atoms with Crippen molar-refractivity contribution in [3.8, 4) is 11.1 Å². The van der Waals surface area contributed by atoms with Gasteiger partial charge in [0.05, 0.1) is 57.2 Å². The molecule has 1 amide bonds. The fourth-order valence-corrected chi connectivity index (χ4v) is 10.0. The number of halogens is 11. The molecule has 75 heavy (non-hydrogen) atoms. The first kappa shape index (κ1) is 58.6. The van der Waals surface area contributed by atoms with Crippen molar-refractivity contribution in [2.45, 2.75) is 88.1 Å². The molecule has 0 spiro atoms. The number of benzene rings is 2. The Bertz CT molecular complexity index is 3330. The summed E-state index contributed by atoms with van der Waals surface area (Å²) >= 11 is 6.62. The molecule has 1 aliphatic carbocycles. The second-order valence-corrected chi connectivity index (χ2v) is 24.9. The van der Waals surface area contributed by atoms with Crippen LogP contribution in [0.3, 0.4) is 0 Å². The van der Waals surface area contributed by atoms with Crippen LogP contribution < -0.4 is 9.62 Å². The van der Waals surface area contributed by atoms with Gasteiger partial charge in [-0.15, -0.1) is 6.58 Å². The first-order chi connectivity index (χ1) is 34.3. The molecule has 0 radical (unpaired) electrons. The van der Waals surface area contributed by atoms with Crippen molar-refractivity contribution in [1.29, 1.82) is 0 Å². The van der Waals surface area contributed by atoms with Gasteiger partial charge in [0.1, 0.15) is 30.4 Å². The van der Waals surface area contributed by atoms with Gasteiger partial charge in [0.25, 0.3) is 5.92 Å². The van der Waals surface area contributed by atoms with E-state index >= 15 is 8.78 Å². The molecule has 5 aromatic rings. The van der Waals surface area contributed by atoms with E-state index in [0.717, 1.165) is 36.6 Å². The number of aryl methyl sites for hydroxylation is 1. The number of rotatable bonds is 20. The van der Waals surface area contributed by atoms with Crippen molar-refractivity contribution in [2.75, 3.05) is 29.7 Å². The highest BCUT2D eigenvalue weighted by molar-refractivity contribution is 7.92. The second-order valence-electron chi connectivity index (χ2n) is 18.2. The third-order valence-electron chi connectivity index (χ3n) is 12.1. The van der Waals surface area contributed by atoms with Crippen molar-refractivity contribution >= 4 is 67.7 Å². The molecule has 2 atom stereocenters. The molecular formula is C44H45ClF10N7O10PS2. The highest BCUT2D eigenvalue weighted by Crippen LogP contribution is 2.50. The zero-order valence-corrected chi connectivity index (χ0v) is 42.9. The summed E-state index contributed by atoms with van der Waals surface area (Å²) in [6.07, 6.45) is -12.1. The lowest BCUT2D eigenvalue weighted by Crippen LogP contribution is -2.35. The number of ether oxygens (including phenoxy) is 1. The van der Waals surface area contributed by atoms with Gasteiger partial charge < -0.3 is 19.8 Å². The van der Waals surface area contributed by atoms with Crippen LogP contribution in [0.5, 0.6) is 0 Å². The van der Waals surface area contributed by atoms with Crippen LogP contribution >= 0.6 is 19.2 Å². The number of nitrogens with one attached hydrogen (secondary N) is 1. The topological polar surface area (TPSA) is 233 Å². The smallest absolute Gasteiger partial charge is 0.435 e. The molecule has 0 saturated heterocycles. The van der Waals surface area contributed by atoms with Crippen molar-refractivity contribution in [1.82, 2.24) is 29.9 Å². The van der Waals surface area contributed by atoms with Gasteiger partial charge in [0.15, 0.2) is 28.1 Å². The molecule has 0 saturated carbocycles. The van der Waals surface area contributed by atoms with Crippen molar-refractivity contribution in [3.05, 3.63) is 106 Å². The fraction of sp³-hybridized carbons (Fsp3) is 0.432. The molecule has 31 heteroatoms. The summed E-state index contributed by atoms with van der Waals surface area (Å²) in [5.74, 6) is -11.8. The van der Waals surface area contributed by atoms with Gasteiger partial charge in [0, 0.05) is 34.7 Å². The lowest BCUT2D eigenvalue weighted by Gasteiger charge is -2.25. The van der Waals surface area contributed by atoms with Crippen LogP contribution in [0.15, 0.2) is 55.1 Å². The van der Waals surface area contributed by atoms with Crippen LogP contribution in [-0.2, 0) is 83.2 Å². The number of esters is 1. The Morgan fingerprint density at radius 1 is 1.00 bits per heavy atom. The maximum atomic E-state index is 15.8. The minimum atomic E-state index is -5.29. The molecule has 6 rings (SSSR count). The number of anilines is 1. The van der Waals surface area contributed by atoms with Gasteiger partial charge in [0.2, 0.25) is 15.9 Å². The average Bonchev–Trinajstić information content (AvgIpc) is 3.89. The average molecular weight is 1150 g/mol. The highest BCUT2D eigenvalue weighted by atomic mass is 35.5. The van der Waals surface area contributed by atoms with Crippen molar-refractivity contribution in [2.24, 2.45) is 5.92 Å². The number of pyridine rings is 1. The summed E-state index contributed by atoms with van der Waals surface area (Å²) in [4.78, 5) is 49.8. The number of aromatic nitrogens is 5. The molecule has 0 unspecified atom stereocenters. The monoisotopic (exact) mass is 1150 g/mol. The van der Waals surface area contributed by atoms with Gasteiger partial charge >= 0.3 is 25.9 Å². The number of carbonyl (C=O) groups is 2. The van der Waals surface area contributed by atoms with Gasteiger partial charge in [-0.25, -0.2) is 29.9 Å². The molecule has 0 bridgehead atoms. The minimum Gasteiger partial charge on any atom is -0.443 e. The number of hydrogen-bond donors (Lipinski definition) is 3. The molecule has 3 N–H and O–H groups in total. The van der Waals surface area contributed by atoms with Crippen molar-refractivity contribution in [3.63, 3.8) is 0 Å². The summed E-state index contributed by atoms with van der Waals surface area (Å²) < 4.78 is 215. The lowest BCUT2D eigenvalue weighted by molar-refractivity contribution is -0.143. The number of allylic oxidation sites excluding steroid dienone is 1. The zero-order valence-electron chi connectivity index (χ0n) is 39.6. The third kappa shape index (κ3) is 13.5. The Labute approximate surface area is 426 Å². The minimum absolute atomic E-state index is 0.0171. The van der Waals surface area contributed by atoms with E-state index in [2.05, 4.69) is 27.1 Å². The zero-order chi connectivity index (χ0) is 56.2. The number of sulfonamides is 1.